The Balaban J connectivity index is 2.49. The molecule has 2 rings (SSSR count). The number of halogens is 1. The molecule has 82 valence electrons. The predicted molar refractivity (Wildman–Crippen MR) is 58.9 cm³/mol. The molecule has 0 N–H and O–H groups in total. The molecule has 16 heavy (non-hydrogen) atoms. The first-order valence-electron chi connectivity index (χ1n) is 4.49. The number of hydrogen-bond donors (Lipinski definition) is 0. The first-order valence-corrected chi connectivity index (χ1v) is 4.86. The van der Waals surface area contributed by atoms with Crippen molar-refractivity contribution in [2.45, 2.75) is 0 Å². The molecule has 0 aliphatic rings. The number of ether oxygens (including phenoxy) is 1. The van der Waals surface area contributed by atoms with Crippen LogP contribution in [-0.2, 0) is 0 Å². The second-order valence-corrected chi connectivity index (χ2v) is 3.44. The Morgan fingerprint density at radius 2 is 2.31 bits per heavy atom. The van der Waals surface area contributed by atoms with Gasteiger partial charge in [0.05, 0.1) is 12.1 Å². The van der Waals surface area contributed by atoms with Crippen LogP contribution in [0.2, 0.25) is 5.02 Å². The van der Waals surface area contributed by atoms with E-state index in [9.17, 15) is 4.79 Å². The van der Waals surface area contributed by atoms with Crippen LogP contribution < -0.4 is 4.74 Å². The van der Waals surface area contributed by atoms with Crippen molar-refractivity contribution in [3.63, 3.8) is 0 Å². The second-order valence-electron chi connectivity index (χ2n) is 3.03. The number of hydrogen-bond acceptors (Lipinski definition) is 4. The molecular weight excluding hydrogens is 230 g/mol. The molecule has 5 heteroatoms. The number of aldehydes is 1. The van der Waals surface area contributed by atoms with E-state index in [0.29, 0.717) is 28.3 Å². The third-order valence-electron chi connectivity index (χ3n) is 2.13. The number of carbonyl (C=O) groups is 1. The first kappa shape index (κ1) is 10.7. The fourth-order valence-electron chi connectivity index (χ4n) is 1.37. The Morgan fingerprint density at radius 3 is 2.94 bits per heavy atom. The fraction of sp³-hybridized carbons (Fsp3) is 0.0909. The van der Waals surface area contributed by atoms with Crippen molar-refractivity contribution in [2.24, 2.45) is 0 Å². The molecular formula is C11H8ClNO3. The SMILES string of the molecule is COc1ccc(-c2ncoc2C=O)cc1Cl. The van der Waals surface area contributed by atoms with E-state index < -0.39 is 0 Å². The minimum atomic E-state index is 0.182. The monoisotopic (exact) mass is 237 g/mol. The van der Waals surface area contributed by atoms with Crippen molar-refractivity contribution in [3.8, 4) is 17.0 Å². The lowest BCUT2D eigenvalue weighted by molar-refractivity contribution is 0.110. The molecule has 1 aromatic heterocycles. The van der Waals surface area contributed by atoms with Gasteiger partial charge >= 0.3 is 0 Å². The molecule has 0 fully saturated rings. The average molecular weight is 238 g/mol. The highest BCUT2D eigenvalue weighted by Crippen LogP contribution is 2.30. The summed E-state index contributed by atoms with van der Waals surface area (Å²) in [5.74, 6) is 0.753. The third kappa shape index (κ3) is 1.79. The van der Waals surface area contributed by atoms with Crippen molar-refractivity contribution in [1.29, 1.82) is 0 Å². The van der Waals surface area contributed by atoms with Gasteiger partial charge in [-0.05, 0) is 18.2 Å². The van der Waals surface area contributed by atoms with Gasteiger partial charge in [0.15, 0.2) is 18.4 Å². The number of nitrogens with zero attached hydrogens (tertiary/aromatic N) is 1. The summed E-state index contributed by atoms with van der Waals surface area (Å²) < 4.78 is 9.94. The topological polar surface area (TPSA) is 52.3 Å². The quantitative estimate of drug-likeness (QED) is 0.771. The van der Waals surface area contributed by atoms with Crippen molar-refractivity contribution >= 4 is 17.9 Å². The molecule has 0 aliphatic carbocycles. The van der Waals surface area contributed by atoms with E-state index in [-0.39, 0.29) is 5.76 Å². The van der Waals surface area contributed by atoms with Gasteiger partial charge in [-0.2, -0.15) is 0 Å². The van der Waals surface area contributed by atoms with Crippen LogP contribution in [0, 0.1) is 0 Å². The van der Waals surface area contributed by atoms with Crippen molar-refractivity contribution in [3.05, 3.63) is 35.4 Å². The maximum absolute atomic E-state index is 10.7. The Labute approximate surface area is 96.8 Å². The van der Waals surface area contributed by atoms with Crippen LogP contribution in [0.15, 0.2) is 29.0 Å². The van der Waals surface area contributed by atoms with Gasteiger partial charge in [0, 0.05) is 5.56 Å². The highest BCUT2D eigenvalue weighted by molar-refractivity contribution is 6.32. The molecule has 0 bridgehead atoms. The summed E-state index contributed by atoms with van der Waals surface area (Å²) in [5.41, 5.74) is 1.18. The van der Waals surface area contributed by atoms with Gasteiger partial charge in [0.1, 0.15) is 11.4 Å². The molecule has 0 atom stereocenters. The van der Waals surface area contributed by atoms with Crippen LogP contribution in [0.25, 0.3) is 11.3 Å². The zero-order valence-corrected chi connectivity index (χ0v) is 9.19. The van der Waals surface area contributed by atoms with Crippen molar-refractivity contribution < 1.29 is 13.9 Å². The van der Waals surface area contributed by atoms with Crippen molar-refractivity contribution in [1.82, 2.24) is 4.98 Å². The summed E-state index contributed by atoms with van der Waals surface area (Å²) >= 11 is 5.97. The molecule has 0 amide bonds. The summed E-state index contributed by atoms with van der Waals surface area (Å²) in [5, 5.41) is 0.458. The van der Waals surface area contributed by atoms with Gasteiger partial charge in [-0.15, -0.1) is 0 Å². The van der Waals surface area contributed by atoms with Gasteiger partial charge in [0.25, 0.3) is 0 Å². The number of oxazole rings is 1. The van der Waals surface area contributed by atoms with E-state index in [1.165, 1.54) is 13.5 Å². The van der Waals surface area contributed by atoms with Gasteiger partial charge in [0.2, 0.25) is 0 Å². The first-order chi connectivity index (χ1) is 7.76. The van der Waals surface area contributed by atoms with Crippen LogP contribution in [0.1, 0.15) is 10.6 Å². The largest absolute Gasteiger partial charge is 0.495 e. The predicted octanol–water partition coefficient (Wildman–Crippen LogP) is 2.82. The minimum Gasteiger partial charge on any atom is -0.495 e. The van der Waals surface area contributed by atoms with E-state index in [1.807, 2.05) is 0 Å². The Kier molecular flexibility index (Phi) is 2.92. The normalized spacial score (nSPS) is 10.1. The number of methoxy groups -OCH3 is 1. The molecule has 0 spiro atoms. The van der Waals surface area contributed by atoms with Gasteiger partial charge < -0.3 is 9.15 Å². The molecule has 0 saturated carbocycles. The summed E-state index contributed by atoms with van der Waals surface area (Å²) in [6, 6.07) is 5.14. The summed E-state index contributed by atoms with van der Waals surface area (Å²) in [6.45, 7) is 0. The van der Waals surface area contributed by atoms with Crippen LogP contribution in [-0.4, -0.2) is 18.4 Å². The van der Waals surface area contributed by atoms with Crippen LogP contribution in [0.4, 0.5) is 0 Å². The molecule has 1 heterocycles. The smallest absolute Gasteiger partial charge is 0.194 e. The maximum Gasteiger partial charge on any atom is 0.194 e. The van der Waals surface area contributed by atoms with E-state index in [4.69, 9.17) is 20.8 Å². The molecule has 0 aliphatic heterocycles. The minimum absolute atomic E-state index is 0.182. The van der Waals surface area contributed by atoms with E-state index in [2.05, 4.69) is 4.98 Å². The second kappa shape index (κ2) is 4.37. The highest BCUT2D eigenvalue weighted by Gasteiger charge is 2.11. The number of benzene rings is 1. The van der Waals surface area contributed by atoms with E-state index in [0.717, 1.165) is 0 Å². The molecule has 0 saturated heterocycles. The molecule has 1 aromatic carbocycles. The lowest BCUT2D eigenvalue weighted by Gasteiger charge is -2.04. The Hall–Kier alpha value is -1.81. The zero-order valence-electron chi connectivity index (χ0n) is 8.44. The molecule has 0 unspecified atom stereocenters. The third-order valence-corrected chi connectivity index (χ3v) is 2.42. The lowest BCUT2D eigenvalue weighted by atomic mass is 10.1. The van der Waals surface area contributed by atoms with Crippen LogP contribution in [0.5, 0.6) is 5.75 Å². The summed E-state index contributed by atoms with van der Waals surface area (Å²) in [6.07, 6.45) is 1.83. The van der Waals surface area contributed by atoms with Crippen LogP contribution >= 0.6 is 11.6 Å². The van der Waals surface area contributed by atoms with Crippen molar-refractivity contribution in [2.75, 3.05) is 7.11 Å². The van der Waals surface area contributed by atoms with Gasteiger partial charge in [-0.25, -0.2) is 4.98 Å². The Morgan fingerprint density at radius 1 is 1.50 bits per heavy atom. The number of aromatic nitrogens is 1. The Bertz CT molecular complexity index is 522. The molecule has 4 nitrogen and oxygen atoms in total. The summed E-state index contributed by atoms with van der Waals surface area (Å²) in [7, 11) is 1.54. The number of carbonyl (C=O) groups excluding carboxylic acids is 1. The lowest BCUT2D eigenvalue weighted by Crippen LogP contribution is -1.87. The highest BCUT2D eigenvalue weighted by atomic mass is 35.5. The number of rotatable bonds is 3. The summed E-state index contributed by atoms with van der Waals surface area (Å²) in [4.78, 5) is 14.6. The van der Waals surface area contributed by atoms with Gasteiger partial charge in [-0.1, -0.05) is 11.6 Å². The molecule has 0 radical (unpaired) electrons. The zero-order chi connectivity index (χ0) is 11.5. The van der Waals surface area contributed by atoms with Crippen LogP contribution in [0.3, 0.4) is 0 Å². The maximum atomic E-state index is 10.7. The van der Waals surface area contributed by atoms with E-state index >= 15 is 0 Å². The molecule has 2 aromatic rings. The van der Waals surface area contributed by atoms with Gasteiger partial charge in [-0.3, -0.25) is 4.79 Å². The average Bonchev–Trinajstić information content (AvgIpc) is 2.77. The standard InChI is InChI=1S/C11H8ClNO3/c1-15-9-3-2-7(4-8(9)12)11-10(5-14)16-6-13-11/h2-6H,1H3. The fourth-order valence-corrected chi connectivity index (χ4v) is 1.63. The van der Waals surface area contributed by atoms with E-state index in [1.54, 1.807) is 18.2 Å².